The van der Waals surface area contributed by atoms with Gasteiger partial charge in [-0.1, -0.05) is 6.92 Å². The summed E-state index contributed by atoms with van der Waals surface area (Å²) >= 11 is 0. The normalized spacial score (nSPS) is 10.6. The van der Waals surface area contributed by atoms with Crippen LogP contribution in [0.15, 0.2) is 21.5 Å². The molecule has 0 fully saturated rings. The Balaban J connectivity index is 2.62. The molecule has 6 heteroatoms. The van der Waals surface area contributed by atoms with Gasteiger partial charge in [0.2, 0.25) is 0 Å². The zero-order valence-electron chi connectivity index (χ0n) is 9.98. The van der Waals surface area contributed by atoms with Crippen LogP contribution in [-0.4, -0.2) is 21.0 Å². The van der Waals surface area contributed by atoms with Crippen molar-refractivity contribution in [2.45, 2.75) is 20.3 Å². The van der Waals surface area contributed by atoms with Gasteiger partial charge in [0.25, 0.3) is 5.56 Å². The maximum atomic E-state index is 11.7. The first-order valence-electron chi connectivity index (χ1n) is 5.45. The Labute approximate surface area is 102 Å². The molecule has 94 valence electrons. The fourth-order valence-corrected chi connectivity index (χ4v) is 1.79. The summed E-state index contributed by atoms with van der Waals surface area (Å²) in [4.78, 5) is 29.2. The lowest BCUT2D eigenvalue weighted by Gasteiger charge is -2.04. The van der Waals surface area contributed by atoms with Gasteiger partial charge >= 0.3 is 5.97 Å². The number of rotatable bonds is 3. The van der Waals surface area contributed by atoms with Crippen LogP contribution in [0.2, 0.25) is 0 Å². The van der Waals surface area contributed by atoms with Gasteiger partial charge in [-0.3, -0.25) is 4.79 Å². The summed E-state index contributed by atoms with van der Waals surface area (Å²) in [5.41, 5.74) is -0.132. The Hall–Kier alpha value is -2.37. The van der Waals surface area contributed by atoms with Crippen LogP contribution < -0.4 is 5.56 Å². The van der Waals surface area contributed by atoms with Gasteiger partial charge in [0.1, 0.15) is 17.1 Å². The number of nitrogens with one attached hydrogen (secondary N) is 1. The van der Waals surface area contributed by atoms with Crippen molar-refractivity contribution < 1.29 is 14.3 Å². The topological polar surface area (TPSA) is 96.2 Å². The van der Waals surface area contributed by atoms with Crippen LogP contribution in [0.3, 0.4) is 0 Å². The van der Waals surface area contributed by atoms with E-state index in [4.69, 9.17) is 9.52 Å². The van der Waals surface area contributed by atoms with Gasteiger partial charge in [-0.25, -0.2) is 9.78 Å². The number of carboxylic acid groups (broad SMARTS) is 1. The van der Waals surface area contributed by atoms with Crippen LogP contribution in [0, 0.1) is 6.92 Å². The molecule has 6 nitrogen and oxygen atoms in total. The number of carboxylic acids is 1. The Morgan fingerprint density at radius 1 is 1.56 bits per heavy atom. The highest BCUT2D eigenvalue weighted by Crippen LogP contribution is 2.21. The second-order valence-electron chi connectivity index (χ2n) is 3.79. The highest BCUT2D eigenvalue weighted by Gasteiger charge is 2.17. The van der Waals surface area contributed by atoms with Crippen LogP contribution in [-0.2, 0) is 6.42 Å². The number of aromatic amines is 1. The molecule has 0 atom stereocenters. The molecule has 0 radical (unpaired) electrons. The molecule has 2 heterocycles. The zero-order valence-corrected chi connectivity index (χ0v) is 9.98. The number of aryl methyl sites for hydroxylation is 2. The lowest BCUT2D eigenvalue weighted by Crippen LogP contribution is -2.21. The number of hydrogen-bond donors (Lipinski definition) is 2. The summed E-state index contributed by atoms with van der Waals surface area (Å²) in [6, 6.07) is 1.69. The van der Waals surface area contributed by atoms with Gasteiger partial charge < -0.3 is 14.5 Å². The summed E-state index contributed by atoms with van der Waals surface area (Å²) in [6.07, 6.45) is 2.17. The molecule has 0 aromatic carbocycles. The summed E-state index contributed by atoms with van der Waals surface area (Å²) in [5.74, 6) is -0.260. The van der Waals surface area contributed by atoms with Crippen molar-refractivity contribution >= 4 is 5.97 Å². The summed E-state index contributed by atoms with van der Waals surface area (Å²) < 4.78 is 5.25. The van der Waals surface area contributed by atoms with Gasteiger partial charge in [0.15, 0.2) is 0 Å². The minimum Gasteiger partial charge on any atom is -0.477 e. The number of aromatic nitrogens is 2. The molecule has 0 saturated heterocycles. The third-order valence-corrected chi connectivity index (χ3v) is 2.64. The molecule has 0 saturated carbocycles. The number of carbonyl (C=O) groups is 1. The SMILES string of the molecule is CCc1occc1-c1nc(C)c(C(=O)O)c(=O)[nH]1. The van der Waals surface area contributed by atoms with E-state index < -0.39 is 11.5 Å². The van der Waals surface area contributed by atoms with Crippen LogP contribution in [0.25, 0.3) is 11.4 Å². The molecule has 0 unspecified atom stereocenters. The number of hydrogen-bond acceptors (Lipinski definition) is 4. The lowest BCUT2D eigenvalue weighted by atomic mass is 10.2. The van der Waals surface area contributed by atoms with Crippen molar-refractivity contribution in [2.75, 3.05) is 0 Å². The largest absolute Gasteiger partial charge is 0.477 e. The number of furan rings is 1. The van der Waals surface area contributed by atoms with E-state index >= 15 is 0 Å². The van der Waals surface area contributed by atoms with Crippen LogP contribution in [0.1, 0.15) is 28.7 Å². The van der Waals surface area contributed by atoms with Gasteiger partial charge in [-0.15, -0.1) is 0 Å². The molecule has 0 aliphatic rings. The van der Waals surface area contributed by atoms with Crippen LogP contribution >= 0.6 is 0 Å². The molecule has 0 aliphatic heterocycles. The summed E-state index contributed by atoms with van der Waals surface area (Å²) in [7, 11) is 0. The average Bonchev–Trinajstić information content (AvgIpc) is 2.75. The minimum atomic E-state index is -1.28. The zero-order chi connectivity index (χ0) is 13.3. The van der Waals surface area contributed by atoms with E-state index in [1.54, 1.807) is 6.07 Å². The monoisotopic (exact) mass is 248 g/mol. The molecule has 2 aromatic heterocycles. The second kappa shape index (κ2) is 4.48. The van der Waals surface area contributed by atoms with Crippen molar-refractivity contribution in [3.63, 3.8) is 0 Å². The van der Waals surface area contributed by atoms with Gasteiger partial charge in [0.05, 0.1) is 17.5 Å². The second-order valence-corrected chi connectivity index (χ2v) is 3.79. The fourth-order valence-electron chi connectivity index (χ4n) is 1.79. The first kappa shape index (κ1) is 12.1. The molecule has 0 amide bonds. The third-order valence-electron chi connectivity index (χ3n) is 2.64. The Bertz CT molecular complexity index is 654. The van der Waals surface area contributed by atoms with Gasteiger partial charge in [-0.2, -0.15) is 0 Å². The first-order valence-corrected chi connectivity index (χ1v) is 5.45. The quantitative estimate of drug-likeness (QED) is 0.859. The molecule has 2 N–H and O–H groups in total. The fraction of sp³-hybridized carbons (Fsp3) is 0.250. The molecular formula is C12H12N2O4. The van der Waals surface area contributed by atoms with Crippen molar-refractivity contribution in [3.05, 3.63) is 39.7 Å². The molecule has 0 spiro atoms. The predicted molar refractivity (Wildman–Crippen MR) is 63.6 cm³/mol. The van der Waals surface area contributed by atoms with Crippen LogP contribution in [0.4, 0.5) is 0 Å². The molecule has 0 aliphatic carbocycles. The van der Waals surface area contributed by atoms with E-state index in [2.05, 4.69) is 9.97 Å². The third kappa shape index (κ3) is 1.92. The molecular weight excluding hydrogens is 236 g/mol. The maximum Gasteiger partial charge on any atom is 0.343 e. The summed E-state index contributed by atoms with van der Waals surface area (Å²) in [6.45, 7) is 3.41. The van der Waals surface area contributed by atoms with Crippen molar-refractivity contribution in [1.29, 1.82) is 0 Å². The van der Waals surface area contributed by atoms with E-state index in [1.165, 1.54) is 13.2 Å². The standard InChI is InChI=1S/C12H12N2O4/c1-3-8-7(4-5-18-8)10-13-6(2)9(12(16)17)11(15)14-10/h4-5H,3H2,1-2H3,(H,16,17)(H,13,14,15). The first-order chi connectivity index (χ1) is 8.54. The Kier molecular flexibility index (Phi) is 3.01. The highest BCUT2D eigenvalue weighted by atomic mass is 16.4. The van der Waals surface area contributed by atoms with E-state index in [9.17, 15) is 9.59 Å². The number of H-pyrrole nitrogens is 1. The van der Waals surface area contributed by atoms with E-state index in [-0.39, 0.29) is 11.3 Å². The van der Waals surface area contributed by atoms with Crippen molar-refractivity contribution in [2.24, 2.45) is 0 Å². The molecule has 0 bridgehead atoms. The van der Waals surface area contributed by atoms with E-state index in [1.807, 2.05) is 6.92 Å². The maximum absolute atomic E-state index is 11.7. The number of aromatic carboxylic acids is 1. The Morgan fingerprint density at radius 2 is 2.28 bits per heavy atom. The predicted octanol–water partition coefficient (Wildman–Crippen LogP) is 1.60. The van der Waals surface area contributed by atoms with Crippen molar-refractivity contribution in [1.82, 2.24) is 9.97 Å². The highest BCUT2D eigenvalue weighted by molar-refractivity contribution is 5.88. The van der Waals surface area contributed by atoms with E-state index in [0.717, 1.165) is 0 Å². The Morgan fingerprint density at radius 3 is 2.83 bits per heavy atom. The summed E-state index contributed by atoms with van der Waals surface area (Å²) in [5, 5.41) is 8.89. The van der Waals surface area contributed by atoms with Crippen LogP contribution in [0.5, 0.6) is 0 Å². The minimum absolute atomic E-state index is 0.185. The molecule has 18 heavy (non-hydrogen) atoms. The van der Waals surface area contributed by atoms with Gasteiger partial charge in [-0.05, 0) is 13.0 Å². The number of nitrogens with zero attached hydrogens (tertiary/aromatic N) is 1. The van der Waals surface area contributed by atoms with Gasteiger partial charge in [0, 0.05) is 6.42 Å². The van der Waals surface area contributed by atoms with Crippen molar-refractivity contribution in [3.8, 4) is 11.4 Å². The van der Waals surface area contributed by atoms with E-state index in [0.29, 0.717) is 23.6 Å². The average molecular weight is 248 g/mol. The molecule has 2 rings (SSSR count). The smallest absolute Gasteiger partial charge is 0.343 e. The molecule has 2 aromatic rings. The lowest BCUT2D eigenvalue weighted by molar-refractivity contribution is 0.0693.